The summed E-state index contributed by atoms with van der Waals surface area (Å²) in [5.41, 5.74) is 0.734. The van der Waals surface area contributed by atoms with Crippen molar-refractivity contribution >= 4 is 11.9 Å². The van der Waals surface area contributed by atoms with Crippen molar-refractivity contribution in [3.8, 4) is 11.4 Å². The van der Waals surface area contributed by atoms with Gasteiger partial charge >= 0.3 is 5.97 Å². The molecule has 2 aromatic rings. The summed E-state index contributed by atoms with van der Waals surface area (Å²) in [5.74, 6) is -0.204. The van der Waals surface area contributed by atoms with Crippen LogP contribution in [0.5, 0.6) is 0 Å². The minimum absolute atomic E-state index is 0.128. The van der Waals surface area contributed by atoms with E-state index >= 15 is 0 Å². The first-order valence-corrected chi connectivity index (χ1v) is 6.76. The molecule has 1 amide bonds. The van der Waals surface area contributed by atoms with E-state index < -0.39 is 5.92 Å². The molecule has 1 aliphatic rings. The lowest BCUT2D eigenvalue weighted by atomic mass is 10.1. The maximum absolute atomic E-state index is 11.9. The zero-order valence-electron chi connectivity index (χ0n) is 11.9. The van der Waals surface area contributed by atoms with Gasteiger partial charge in [0, 0.05) is 30.9 Å². The molecule has 8 heteroatoms. The van der Waals surface area contributed by atoms with E-state index in [4.69, 9.17) is 4.52 Å². The van der Waals surface area contributed by atoms with E-state index in [0.29, 0.717) is 18.3 Å². The molecule has 0 aliphatic carbocycles. The first-order chi connectivity index (χ1) is 10.7. The number of hydrogen-bond donors (Lipinski definition) is 0. The van der Waals surface area contributed by atoms with Gasteiger partial charge in [0.25, 0.3) is 0 Å². The first kappa shape index (κ1) is 14.2. The van der Waals surface area contributed by atoms with E-state index in [-0.39, 0.29) is 24.8 Å². The number of aromatic nitrogens is 3. The van der Waals surface area contributed by atoms with Crippen molar-refractivity contribution < 1.29 is 18.8 Å². The molecule has 3 heterocycles. The maximum Gasteiger partial charge on any atom is 0.310 e. The molecular formula is C14H14N4O4. The standard InChI is InChI=1S/C14H14N4O4/c1-21-14(20)10-5-12(19)18(7-10)8-11-16-13(17-22-11)9-3-2-4-15-6-9/h2-4,6,10H,5,7-8H2,1H3. The Morgan fingerprint density at radius 2 is 2.41 bits per heavy atom. The lowest BCUT2D eigenvalue weighted by molar-refractivity contribution is -0.145. The fraction of sp³-hybridized carbons (Fsp3) is 0.357. The highest BCUT2D eigenvalue weighted by Crippen LogP contribution is 2.21. The number of esters is 1. The van der Waals surface area contributed by atoms with E-state index in [1.165, 1.54) is 12.0 Å². The lowest BCUT2D eigenvalue weighted by Gasteiger charge is -2.12. The highest BCUT2D eigenvalue weighted by molar-refractivity contribution is 5.86. The summed E-state index contributed by atoms with van der Waals surface area (Å²) in [7, 11) is 1.31. The molecule has 114 valence electrons. The number of carbonyl (C=O) groups excluding carboxylic acids is 2. The molecule has 1 fully saturated rings. The molecule has 0 N–H and O–H groups in total. The molecule has 1 atom stereocenters. The van der Waals surface area contributed by atoms with Crippen molar-refractivity contribution in [3.05, 3.63) is 30.4 Å². The molecule has 1 unspecified atom stereocenters. The van der Waals surface area contributed by atoms with Crippen LogP contribution in [0.4, 0.5) is 0 Å². The number of carbonyl (C=O) groups is 2. The Labute approximate surface area is 126 Å². The fourth-order valence-electron chi connectivity index (χ4n) is 2.34. The van der Waals surface area contributed by atoms with E-state index in [0.717, 1.165) is 5.56 Å². The number of hydrogen-bond acceptors (Lipinski definition) is 7. The zero-order valence-corrected chi connectivity index (χ0v) is 11.9. The summed E-state index contributed by atoms with van der Waals surface area (Å²) < 4.78 is 9.82. The van der Waals surface area contributed by atoms with Gasteiger partial charge in [0.2, 0.25) is 17.6 Å². The summed E-state index contributed by atoms with van der Waals surface area (Å²) in [6.07, 6.45) is 3.43. The van der Waals surface area contributed by atoms with Crippen LogP contribution in [-0.2, 0) is 20.9 Å². The van der Waals surface area contributed by atoms with E-state index in [9.17, 15) is 9.59 Å². The minimum atomic E-state index is -0.432. The van der Waals surface area contributed by atoms with Crippen LogP contribution in [0.2, 0.25) is 0 Å². The van der Waals surface area contributed by atoms with Crippen LogP contribution in [0, 0.1) is 5.92 Å². The fourth-order valence-corrected chi connectivity index (χ4v) is 2.34. The van der Waals surface area contributed by atoms with Crippen molar-refractivity contribution in [2.24, 2.45) is 5.92 Å². The van der Waals surface area contributed by atoms with Crippen LogP contribution in [0.3, 0.4) is 0 Å². The monoisotopic (exact) mass is 302 g/mol. The van der Waals surface area contributed by atoms with Gasteiger partial charge in [-0.2, -0.15) is 4.98 Å². The summed E-state index contributed by atoms with van der Waals surface area (Å²) >= 11 is 0. The molecule has 1 aliphatic heterocycles. The molecule has 0 spiro atoms. The highest BCUT2D eigenvalue weighted by atomic mass is 16.5. The maximum atomic E-state index is 11.9. The predicted molar refractivity (Wildman–Crippen MR) is 73.1 cm³/mol. The van der Waals surface area contributed by atoms with Crippen LogP contribution >= 0.6 is 0 Å². The smallest absolute Gasteiger partial charge is 0.310 e. The van der Waals surface area contributed by atoms with E-state index in [2.05, 4.69) is 19.9 Å². The Balaban J connectivity index is 1.68. The largest absolute Gasteiger partial charge is 0.469 e. The van der Waals surface area contributed by atoms with Gasteiger partial charge in [0.15, 0.2) is 0 Å². The van der Waals surface area contributed by atoms with Crippen molar-refractivity contribution in [3.63, 3.8) is 0 Å². The Bertz CT molecular complexity index is 685. The van der Waals surface area contributed by atoms with Gasteiger partial charge in [-0.25, -0.2) is 0 Å². The van der Waals surface area contributed by atoms with E-state index in [1.54, 1.807) is 18.5 Å². The highest BCUT2D eigenvalue weighted by Gasteiger charge is 2.35. The minimum Gasteiger partial charge on any atom is -0.469 e. The van der Waals surface area contributed by atoms with Gasteiger partial charge in [-0.3, -0.25) is 14.6 Å². The van der Waals surface area contributed by atoms with E-state index in [1.807, 2.05) is 6.07 Å². The number of amides is 1. The van der Waals surface area contributed by atoms with Crippen LogP contribution in [-0.4, -0.2) is 45.6 Å². The number of likely N-dealkylation sites (tertiary alicyclic amines) is 1. The molecule has 0 radical (unpaired) electrons. The Morgan fingerprint density at radius 1 is 1.55 bits per heavy atom. The van der Waals surface area contributed by atoms with Crippen molar-refractivity contribution in [1.82, 2.24) is 20.0 Å². The van der Waals surface area contributed by atoms with Gasteiger partial charge in [0.1, 0.15) is 6.54 Å². The van der Waals surface area contributed by atoms with Crippen LogP contribution in [0.15, 0.2) is 29.0 Å². The number of pyridine rings is 1. The second kappa shape index (κ2) is 5.92. The molecule has 0 bridgehead atoms. The van der Waals surface area contributed by atoms with Gasteiger partial charge in [-0.15, -0.1) is 0 Å². The van der Waals surface area contributed by atoms with Crippen LogP contribution < -0.4 is 0 Å². The number of ether oxygens (including phenoxy) is 1. The molecule has 0 aromatic carbocycles. The van der Waals surface area contributed by atoms with Gasteiger partial charge < -0.3 is 14.2 Å². The summed E-state index contributed by atoms with van der Waals surface area (Å²) in [5, 5.41) is 3.87. The van der Waals surface area contributed by atoms with Crippen LogP contribution in [0.1, 0.15) is 12.3 Å². The van der Waals surface area contributed by atoms with Gasteiger partial charge in [-0.1, -0.05) is 5.16 Å². The van der Waals surface area contributed by atoms with Crippen LogP contribution in [0.25, 0.3) is 11.4 Å². The summed E-state index contributed by atoms with van der Waals surface area (Å²) in [4.78, 5) is 33.1. The second-order valence-electron chi connectivity index (χ2n) is 4.95. The second-order valence-corrected chi connectivity index (χ2v) is 4.95. The molecule has 2 aromatic heterocycles. The third-order valence-electron chi connectivity index (χ3n) is 3.46. The SMILES string of the molecule is COC(=O)C1CC(=O)N(Cc2nc(-c3cccnc3)no2)C1. The molecular weight excluding hydrogens is 288 g/mol. The Morgan fingerprint density at radius 3 is 3.14 bits per heavy atom. The van der Waals surface area contributed by atoms with Crippen molar-refractivity contribution in [2.75, 3.05) is 13.7 Å². The number of methoxy groups -OCH3 is 1. The lowest BCUT2D eigenvalue weighted by Crippen LogP contribution is -2.26. The molecule has 3 rings (SSSR count). The topological polar surface area (TPSA) is 98.4 Å². The normalized spacial score (nSPS) is 17.8. The Kier molecular flexibility index (Phi) is 3.82. The quantitative estimate of drug-likeness (QED) is 0.765. The average Bonchev–Trinajstić information content (AvgIpc) is 3.15. The van der Waals surface area contributed by atoms with Crippen molar-refractivity contribution in [1.29, 1.82) is 0 Å². The summed E-state index contributed by atoms with van der Waals surface area (Å²) in [6.45, 7) is 0.482. The van der Waals surface area contributed by atoms with Gasteiger partial charge in [-0.05, 0) is 12.1 Å². The molecule has 22 heavy (non-hydrogen) atoms. The first-order valence-electron chi connectivity index (χ1n) is 6.76. The van der Waals surface area contributed by atoms with Crippen molar-refractivity contribution in [2.45, 2.75) is 13.0 Å². The molecule has 8 nitrogen and oxygen atoms in total. The summed E-state index contributed by atoms with van der Waals surface area (Å²) in [6, 6.07) is 3.59. The number of nitrogens with zero attached hydrogens (tertiary/aromatic N) is 4. The average molecular weight is 302 g/mol. The van der Waals surface area contributed by atoms with Gasteiger partial charge in [0.05, 0.1) is 13.0 Å². The molecule has 0 saturated carbocycles. The third-order valence-corrected chi connectivity index (χ3v) is 3.46. The molecule has 1 saturated heterocycles. The zero-order chi connectivity index (χ0) is 15.5. The Hall–Kier alpha value is -2.77. The number of rotatable bonds is 4. The third kappa shape index (κ3) is 2.80. The predicted octanol–water partition coefficient (Wildman–Crippen LogP) is 0.653.